The number of benzene rings is 1. The quantitative estimate of drug-likeness (QED) is 0.491. The van der Waals surface area contributed by atoms with Crippen molar-refractivity contribution in [1.82, 2.24) is 15.3 Å². The number of urea groups is 1. The van der Waals surface area contributed by atoms with Crippen molar-refractivity contribution in [2.24, 2.45) is 5.92 Å². The maximum atomic E-state index is 14.0. The topological polar surface area (TPSA) is 104 Å². The van der Waals surface area contributed by atoms with Crippen LogP contribution in [0.1, 0.15) is 17.4 Å². The summed E-state index contributed by atoms with van der Waals surface area (Å²) in [4.78, 5) is 22.1. The van der Waals surface area contributed by atoms with Crippen LogP contribution in [0.4, 0.5) is 38.4 Å². The molecule has 1 saturated heterocycles. The van der Waals surface area contributed by atoms with E-state index in [1.807, 2.05) is 0 Å². The van der Waals surface area contributed by atoms with E-state index in [0.717, 1.165) is 6.07 Å². The number of fused-ring (bicyclic) bond motifs is 1. The van der Waals surface area contributed by atoms with E-state index in [1.165, 1.54) is 19.3 Å². The van der Waals surface area contributed by atoms with Gasteiger partial charge in [-0.1, -0.05) is 0 Å². The molecule has 8 nitrogen and oxygen atoms in total. The zero-order valence-corrected chi connectivity index (χ0v) is 17.1. The van der Waals surface area contributed by atoms with Gasteiger partial charge in [0.2, 0.25) is 5.95 Å². The van der Waals surface area contributed by atoms with Crippen LogP contribution in [-0.4, -0.2) is 47.0 Å². The number of aryl methyl sites for hydroxylation is 1. The number of furan rings is 1. The summed E-state index contributed by atoms with van der Waals surface area (Å²) in [5.74, 6) is -2.41. The van der Waals surface area contributed by atoms with Gasteiger partial charge < -0.3 is 25.1 Å². The Morgan fingerprint density at radius 2 is 1.94 bits per heavy atom. The average molecular weight is 471 g/mol. The van der Waals surface area contributed by atoms with E-state index in [-0.39, 0.29) is 29.2 Å². The van der Waals surface area contributed by atoms with Gasteiger partial charge in [-0.15, -0.1) is 0 Å². The lowest BCUT2D eigenvalue weighted by Crippen LogP contribution is -2.49. The van der Waals surface area contributed by atoms with E-state index >= 15 is 0 Å². The fourth-order valence-electron chi connectivity index (χ4n) is 3.53. The monoisotopic (exact) mass is 471 g/mol. The van der Waals surface area contributed by atoms with Gasteiger partial charge in [0.15, 0.2) is 17.4 Å². The van der Waals surface area contributed by atoms with Crippen molar-refractivity contribution >= 4 is 28.6 Å². The minimum atomic E-state index is -4.99. The number of carbonyl (C=O) groups excluding carboxylic acids is 1. The molecule has 0 aliphatic carbocycles. The highest BCUT2D eigenvalue weighted by molar-refractivity contribution is 5.89. The number of nitrogens with one attached hydrogen (secondary N) is 2. The molecule has 1 aliphatic rings. The normalized spacial score (nSPS) is 15.4. The molecule has 0 radical (unpaired) electrons. The lowest BCUT2D eigenvalue weighted by Gasteiger charge is -2.38. The van der Waals surface area contributed by atoms with Gasteiger partial charge >= 0.3 is 12.2 Å². The maximum absolute atomic E-state index is 14.0. The zero-order chi connectivity index (χ0) is 23.9. The molecule has 13 heteroatoms. The number of anilines is 2. The summed E-state index contributed by atoms with van der Waals surface area (Å²) in [5.41, 5.74) is -0.668. The standard InChI is InChI=1S/C20H18F5N5O3/c1-9-13-2-11(21)3-14(22)16(13)33-15(9)17(20(23,24)25)29-19(32)28-12-4-26-18(27-5-12)30-6-10(7-30)8-31/h2-5,10,17,31H,6-8H2,1H3,(H2,28,29,32)/t17-/m1/s1. The minimum Gasteiger partial charge on any atom is -0.455 e. The van der Waals surface area contributed by atoms with Gasteiger partial charge in [0, 0.05) is 42.6 Å². The molecular weight excluding hydrogens is 453 g/mol. The first-order valence-corrected chi connectivity index (χ1v) is 9.77. The van der Waals surface area contributed by atoms with Crippen LogP contribution in [0.2, 0.25) is 0 Å². The number of aliphatic hydroxyl groups excluding tert-OH is 1. The number of hydrogen-bond acceptors (Lipinski definition) is 6. The van der Waals surface area contributed by atoms with E-state index in [9.17, 15) is 26.7 Å². The van der Waals surface area contributed by atoms with Gasteiger partial charge in [-0.05, 0) is 13.0 Å². The molecule has 1 fully saturated rings. The van der Waals surface area contributed by atoms with Crippen molar-refractivity contribution in [3.8, 4) is 0 Å². The van der Waals surface area contributed by atoms with E-state index in [0.29, 0.717) is 25.1 Å². The van der Waals surface area contributed by atoms with E-state index in [4.69, 9.17) is 9.52 Å². The molecule has 0 unspecified atom stereocenters. The SMILES string of the molecule is Cc1c([C@@H](NC(=O)Nc2cnc(N3CC(CO)C3)nc2)C(F)(F)F)oc2c(F)cc(F)cc12. The fourth-order valence-corrected chi connectivity index (χ4v) is 3.53. The number of halogens is 5. The average Bonchev–Trinajstić information content (AvgIpc) is 3.02. The van der Waals surface area contributed by atoms with Crippen LogP contribution in [0, 0.1) is 24.5 Å². The second-order valence-electron chi connectivity index (χ2n) is 7.65. The van der Waals surface area contributed by atoms with Crippen LogP contribution in [0.5, 0.6) is 0 Å². The van der Waals surface area contributed by atoms with E-state index < -0.39 is 41.2 Å². The Kier molecular flexibility index (Phi) is 5.82. The number of amides is 2. The number of hydrogen-bond donors (Lipinski definition) is 3. The van der Waals surface area contributed by atoms with Gasteiger partial charge in [-0.25, -0.2) is 23.5 Å². The van der Waals surface area contributed by atoms with Gasteiger partial charge in [-0.3, -0.25) is 0 Å². The van der Waals surface area contributed by atoms with Crippen molar-refractivity contribution in [3.05, 3.63) is 47.5 Å². The van der Waals surface area contributed by atoms with Crippen molar-refractivity contribution in [2.45, 2.75) is 19.1 Å². The summed E-state index contributed by atoms with van der Waals surface area (Å²) < 4.78 is 73.7. The van der Waals surface area contributed by atoms with Gasteiger partial charge in [0.05, 0.1) is 18.1 Å². The highest BCUT2D eigenvalue weighted by Crippen LogP contribution is 2.39. The first kappa shape index (κ1) is 22.7. The third kappa shape index (κ3) is 4.53. The number of aromatic nitrogens is 2. The Hall–Kier alpha value is -3.48. The lowest BCUT2D eigenvalue weighted by molar-refractivity contribution is -0.158. The summed E-state index contributed by atoms with van der Waals surface area (Å²) in [7, 11) is 0. The first-order valence-electron chi connectivity index (χ1n) is 9.77. The second kappa shape index (κ2) is 8.46. The predicted octanol–water partition coefficient (Wildman–Crippen LogP) is 3.66. The number of aliphatic hydroxyl groups is 1. The van der Waals surface area contributed by atoms with Crippen molar-refractivity contribution < 1.29 is 36.3 Å². The second-order valence-corrected chi connectivity index (χ2v) is 7.65. The molecule has 0 saturated carbocycles. The molecular formula is C20H18F5N5O3. The Balaban J connectivity index is 1.51. The van der Waals surface area contributed by atoms with Crippen LogP contribution in [0.25, 0.3) is 11.0 Å². The number of nitrogens with zero attached hydrogens (tertiary/aromatic N) is 3. The highest BCUT2D eigenvalue weighted by Gasteiger charge is 2.45. The Bertz CT molecular complexity index is 1180. The van der Waals surface area contributed by atoms with Crippen LogP contribution in [0.15, 0.2) is 28.9 Å². The maximum Gasteiger partial charge on any atom is 0.416 e. The summed E-state index contributed by atoms with van der Waals surface area (Å²) in [6.07, 6.45) is -2.55. The van der Waals surface area contributed by atoms with E-state index in [1.54, 1.807) is 10.2 Å². The molecule has 1 aliphatic heterocycles. The molecule has 3 N–H and O–H groups in total. The molecule has 1 atom stereocenters. The van der Waals surface area contributed by atoms with Crippen LogP contribution >= 0.6 is 0 Å². The lowest BCUT2D eigenvalue weighted by atomic mass is 10.0. The molecule has 3 heterocycles. The van der Waals surface area contributed by atoms with Crippen LogP contribution in [0.3, 0.4) is 0 Å². The highest BCUT2D eigenvalue weighted by atomic mass is 19.4. The third-order valence-corrected chi connectivity index (χ3v) is 5.25. The van der Waals surface area contributed by atoms with Gasteiger partial charge in [0.1, 0.15) is 11.6 Å². The fraction of sp³-hybridized carbons (Fsp3) is 0.350. The Morgan fingerprint density at radius 1 is 1.27 bits per heavy atom. The summed E-state index contributed by atoms with van der Waals surface area (Å²) >= 11 is 0. The number of rotatable bonds is 5. The Morgan fingerprint density at radius 3 is 2.55 bits per heavy atom. The van der Waals surface area contributed by atoms with Crippen LogP contribution < -0.4 is 15.5 Å². The van der Waals surface area contributed by atoms with Crippen LogP contribution in [-0.2, 0) is 0 Å². The van der Waals surface area contributed by atoms with Crippen molar-refractivity contribution in [2.75, 3.05) is 29.9 Å². The third-order valence-electron chi connectivity index (χ3n) is 5.25. The first-order chi connectivity index (χ1) is 15.6. The molecule has 2 amide bonds. The summed E-state index contributed by atoms with van der Waals surface area (Å²) in [6.45, 7) is 2.39. The minimum absolute atomic E-state index is 0.0332. The van der Waals surface area contributed by atoms with Crippen molar-refractivity contribution in [1.29, 1.82) is 0 Å². The smallest absolute Gasteiger partial charge is 0.416 e. The van der Waals surface area contributed by atoms with Gasteiger partial charge in [0.25, 0.3) is 0 Å². The molecule has 2 aromatic heterocycles. The molecule has 0 spiro atoms. The zero-order valence-electron chi connectivity index (χ0n) is 17.1. The molecule has 1 aromatic carbocycles. The Labute approximate surface area is 183 Å². The van der Waals surface area contributed by atoms with Crippen molar-refractivity contribution in [3.63, 3.8) is 0 Å². The predicted molar refractivity (Wildman–Crippen MR) is 107 cm³/mol. The number of carbonyl (C=O) groups is 1. The summed E-state index contributed by atoms with van der Waals surface area (Å²) in [6, 6.07) is -2.51. The van der Waals surface area contributed by atoms with E-state index in [2.05, 4.69) is 15.3 Å². The molecule has 4 rings (SSSR count). The largest absolute Gasteiger partial charge is 0.455 e. The summed E-state index contributed by atoms with van der Waals surface area (Å²) in [5, 5.41) is 12.8. The molecule has 176 valence electrons. The molecule has 33 heavy (non-hydrogen) atoms. The molecule has 3 aromatic rings. The number of alkyl halides is 3. The molecule has 0 bridgehead atoms. The van der Waals surface area contributed by atoms with Gasteiger partial charge in [-0.2, -0.15) is 13.2 Å².